The van der Waals surface area contributed by atoms with Crippen LogP contribution in [0.1, 0.15) is 25.8 Å². The first kappa shape index (κ1) is 12.9. The Morgan fingerprint density at radius 3 is 2.44 bits per heavy atom. The Morgan fingerprint density at radius 1 is 1.31 bits per heavy atom. The highest BCUT2D eigenvalue weighted by atomic mass is 14.7. The van der Waals surface area contributed by atoms with Crippen molar-refractivity contribution < 1.29 is 0 Å². The van der Waals surface area contributed by atoms with Crippen molar-refractivity contribution in [3.05, 3.63) is 42.0 Å². The van der Waals surface area contributed by atoms with Crippen molar-refractivity contribution in [3.63, 3.8) is 0 Å². The molecule has 0 aliphatic rings. The summed E-state index contributed by atoms with van der Waals surface area (Å²) < 4.78 is 0. The van der Waals surface area contributed by atoms with Crippen LogP contribution >= 0.6 is 0 Å². The Hall–Kier alpha value is -1.18. The second-order valence-corrected chi connectivity index (χ2v) is 4.44. The van der Waals surface area contributed by atoms with Crippen molar-refractivity contribution in [2.24, 2.45) is 5.92 Å². The Morgan fingerprint density at radius 2 is 1.94 bits per heavy atom. The minimum atomic E-state index is 0.593. The van der Waals surface area contributed by atoms with Gasteiger partial charge in [0.15, 0.2) is 0 Å². The predicted molar refractivity (Wildman–Crippen MR) is 74.0 cm³/mol. The van der Waals surface area contributed by atoms with Crippen molar-refractivity contribution in [2.75, 3.05) is 5.23 Å². The number of hydrogen-bond acceptors (Lipinski definition) is 1. The molecule has 1 N–H and O–H groups in total. The lowest BCUT2D eigenvalue weighted by Gasteiger charge is -2.09. The minimum absolute atomic E-state index is 0.593. The number of anilines is 1. The summed E-state index contributed by atoms with van der Waals surface area (Å²) in [5, 5.41) is 3.18. The molecular weight excluding hydrogens is 193 g/mol. The molecule has 0 spiro atoms. The zero-order valence-electron chi connectivity index (χ0n) is 10.6. The normalized spacial score (nSPS) is 10.2. The molecule has 0 aromatic heterocycles. The van der Waals surface area contributed by atoms with Gasteiger partial charge in [-0.2, -0.15) is 0 Å². The number of nitrogens with one attached hydrogen (secondary N) is 1. The molecule has 1 nitrogen and oxygen atoms in total. The summed E-state index contributed by atoms with van der Waals surface area (Å²) in [7, 11) is 1.94. The summed E-state index contributed by atoms with van der Waals surface area (Å²) in [6.45, 7) is 10.5. The molecule has 2 heteroatoms. The van der Waals surface area contributed by atoms with Crippen LogP contribution in [-0.4, -0.2) is 7.41 Å². The maximum atomic E-state index is 4.10. The van der Waals surface area contributed by atoms with Crippen molar-refractivity contribution in [2.45, 2.75) is 33.5 Å². The number of aryl methyl sites for hydroxylation is 1. The first-order valence-corrected chi connectivity index (χ1v) is 5.94. The van der Waals surface area contributed by atoms with E-state index in [-0.39, 0.29) is 0 Å². The van der Waals surface area contributed by atoms with Crippen molar-refractivity contribution in [1.29, 1.82) is 0 Å². The molecule has 85 valence electrons. The van der Waals surface area contributed by atoms with Gasteiger partial charge in [-0.05, 0) is 36.5 Å². The summed E-state index contributed by atoms with van der Waals surface area (Å²) in [6, 6.07) is 8.60. The largest absolute Gasteiger partial charge is 0.432 e. The van der Waals surface area contributed by atoms with Gasteiger partial charge in [0.2, 0.25) is 7.41 Å². The van der Waals surface area contributed by atoms with Gasteiger partial charge in [0.25, 0.3) is 0 Å². The third kappa shape index (κ3) is 4.14. The molecule has 0 aliphatic carbocycles. The summed E-state index contributed by atoms with van der Waals surface area (Å²) >= 11 is 0. The van der Waals surface area contributed by atoms with E-state index in [1.807, 2.05) is 14.2 Å². The van der Waals surface area contributed by atoms with Gasteiger partial charge in [-0.1, -0.05) is 45.0 Å². The van der Waals surface area contributed by atoms with Gasteiger partial charge >= 0.3 is 0 Å². The first-order valence-electron chi connectivity index (χ1n) is 5.94. The van der Waals surface area contributed by atoms with Crippen molar-refractivity contribution in [3.8, 4) is 0 Å². The van der Waals surface area contributed by atoms with Crippen LogP contribution in [0.4, 0.5) is 5.69 Å². The van der Waals surface area contributed by atoms with E-state index in [2.05, 4.69) is 49.9 Å². The lowest BCUT2D eigenvalue weighted by Crippen LogP contribution is -2.00. The van der Waals surface area contributed by atoms with E-state index in [0.717, 1.165) is 18.5 Å². The monoisotopic (exact) mass is 214 g/mol. The van der Waals surface area contributed by atoms with Crippen LogP contribution in [0.5, 0.6) is 0 Å². The molecule has 0 atom stereocenters. The van der Waals surface area contributed by atoms with Gasteiger partial charge in [-0.25, -0.2) is 0 Å². The summed E-state index contributed by atoms with van der Waals surface area (Å²) in [5.41, 5.74) is 3.86. The lowest BCUT2D eigenvalue weighted by atomic mass is 9.96. The molecule has 0 unspecified atom stereocenters. The van der Waals surface area contributed by atoms with Crippen LogP contribution < -0.4 is 5.23 Å². The third-order valence-electron chi connectivity index (χ3n) is 2.82. The maximum absolute atomic E-state index is 4.10. The zero-order chi connectivity index (χ0) is 12.0. The van der Waals surface area contributed by atoms with E-state index < -0.39 is 0 Å². The topological polar surface area (TPSA) is 12.0 Å². The Kier molecular flexibility index (Phi) is 5.17. The molecule has 1 aromatic carbocycles. The Bertz CT molecular complexity index is 327. The molecule has 1 radical (unpaired) electrons. The van der Waals surface area contributed by atoms with E-state index >= 15 is 0 Å². The number of hydrogen-bond donors (Lipinski definition) is 1. The quantitative estimate of drug-likeness (QED) is 0.559. The summed E-state index contributed by atoms with van der Waals surface area (Å²) in [5.74, 6) is 0.593. The van der Waals surface area contributed by atoms with E-state index in [1.165, 1.54) is 11.1 Å². The van der Waals surface area contributed by atoms with Gasteiger partial charge in [-0.15, -0.1) is 0 Å². The highest BCUT2D eigenvalue weighted by Crippen LogP contribution is 2.16. The van der Waals surface area contributed by atoms with Crippen molar-refractivity contribution in [1.82, 2.24) is 0 Å². The van der Waals surface area contributed by atoms with Gasteiger partial charge in [-0.3, -0.25) is 0 Å². The second kappa shape index (κ2) is 6.42. The first-order chi connectivity index (χ1) is 7.63. The average Bonchev–Trinajstić information content (AvgIpc) is 2.28. The van der Waals surface area contributed by atoms with E-state index in [0.29, 0.717) is 5.92 Å². The van der Waals surface area contributed by atoms with Crippen molar-refractivity contribution >= 4 is 13.1 Å². The van der Waals surface area contributed by atoms with Crippen LogP contribution in [0, 0.1) is 5.92 Å². The Labute approximate surface area is 100 Å². The molecule has 1 aromatic rings. The molecule has 0 bridgehead atoms. The van der Waals surface area contributed by atoms with Gasteiger partial charge < -0.3 is 5.23 Å². The van der Waals surface area contributed by atoms with Crippen LogP contribution in [0.2, 0.25) is 6.82 Å². The van der Waals surface area contributed by atoms with Crippen LogP contribution in [0.25, 0.3) is 0 Å². The minimum Gasteiger partial charge on any atom is -0.432 e. The van der Waals surface area contributed by atoms with Crippen LogP contribution in [0.3, 0.4) is 0 Å². The fraction of sp³-hybridized carbons (Fsp3) is 0.429. The third-order valence-corrected chi connectivity index (χ3v) is 2.82. The van der Waals surface area contributed by atoms with E-state index in [9.17, 15) is 0 Å². The SMILES string of the molecule is C=C(CCc1ccc(N[B]C)cc1)C(C)C. The number of rotatable bonds is 6. The van der Waals surface area contributed by atoms with Gasteiger partial charge in [0, 0.05) is 5.69 Å². The van der Waals surface area contributed by atoms with E-state index in [1.54, 1.807) is 0 Å². The van der Waals surface area contributed by atoms with Gasteiger partial charge in [0.05, 0.1) is 0 Å². The molecule has 1 rings (SSSR count). The van der Waals surface area contributed by atoms with Gasteiger partial charge in [0.1, 0.15) is 0 Å². The number of allylic oxidation sites excluding steroid dienone is 1. The second-order valence-electron chi connectivity index (χ2n) is 4.44. The predicted octanol–water partition coefficient (Wildman–Crippen LogP) is 3.91. The molecule has 0 aliphatic heterocycles. The molecule has 0 saturated heterocycles. The molecule has 0 fully saturated rings. The highest BCUT2D eigenvalue weighted by Gasteiger charge is 2.01. The highest BCUT2D eigenvalue weighted by molar-refractivity contribution is 6.38. The maximum Gasteiger partial charge on any atom is 0.239 e. The van der Waals surface area contributed by atoms with Crippen LogP contribution in [0.15, 0.2) is 36.4 Å². The fourth-order valence-corrected chi connectivity index (χ4v) is 1.53. The molecule has 0 saturated carbocycles. The zero-order valence-corrected chi connectivity index (χ0v) is 10.6. The lowest BCUT2D eigenvalue weighted by molar-refractivity contribution is 0.713. The molecular formula is C14H21BN. The Balaban J connectivity index is 2.46. The summed E-state index contributed by atoms with van der Waals surface area (Å²) in [6.07, 6.45) is 2.18. The fourth-order valence-electron chi connectivity index (χ4n) is 1.53. The smallest absolute Gasteiger partial charge is 0.239 e. The molecule has 0 heterocycles. The number of benzene rings is 1. The average molecular weight is 214 g/mol. The summed E-state index contributed by atoms with van der Waals surface area (Å²) in [4.78, 5) is 0. The molecule has 0 amide bonds. The standard InChI is InChI=1S/C14H21BN/c1-11(2)12(3)5-6-13-7-9-14(10-8-13)16-15-4/h7-11,16H,3,5-6H2,1-2,4H3. The molecule has 16 heavy (non-hydrogen) atoms. The van der Waals surface area contributed by atoms with E-state index in [4.69, 9.17) is 0 Å². The van der Waals surface area contributed by atoms with Crippen LogP contribution in [-0.2, 0) is 6.42 Å².